The van der Waals surface area contributed by atoms with Crippen LogP contribution in [0.25, 0.3) is 136 Å². The summed E-state index contributed by atoms with van der Waals surface area (Å²) in [5, 5.41) is 14.0. The van der Waals surface area contributed by atoms with E-state index in [4.69, 9.17) is 19.4 Å². The SMILES string of the molecule is c1ccc(-c2nc(-c3cccc4c3sc3ccccc34)nc(-c3cccc4oc5ccc6c(-n7c8cc9ccccc9cc8c8ccc9ccccc9c87)cccc6c5c34)n2)cc1. The molecule has 0 N–H and O–H groups in total. The zero-order chi connectivity index (χ0) is 41.2. The van der Waals surface area contributed by atoms with Crippen molar-refractivity contribution in [3.63, 3.8) is 0 Å². The maximum absolute atomic E-state index is 6.74. The Hall–Kier alpha value is -8.19. The van der Waals surface area contributed by atoms with E-state index in [1.54, 1.807) is 11.3 Å². The molecule has 0 atom stereocenters. The quantitative estimate of drug-likeness (QED) is 0.177. The lowest BCUT2D eigenvalue weighted by Gasteiger charge is -2.14. The Morgan fingerprint density at radius 1 is 0.397 bits per heavy atom. The molecular formula is C57H32N4OS. The highest BCUT2D eigenvalue weighted by molar-refractivity contribution is 7.26. The van der Waals surface area contributed by atoms with Crippen LogP contribution in [0.2, 0.25) is 0 Å². The standard InChI is InChI=1S/C57H32N4OS/c1-2-14-34(15-3-1)55-58-56(60-57(59-55)44-23-10-21-42-39-19-8-9-26-50(39)63-54(42)44)43-22-12-25-48-52(43)51-40-20-11-24-46(38(40)29-30-49(51)62-48)61-47-32-36-17-5-4-16-35(36)31-45(47)41-28-27-33-13-6-7-18-37(33)53(41)61/h1-32H. The van der Waals surface area contributed by atoms with Gasteiger partial charge in [-0.05, 0) is 70.1 Å². The highest BCUT2D eigenvalue weighted by Crippen LogP contribution is 2.45. The summed E-state index contributed by atoms with van der Waals surface area (Å²) in [6.07, 6.45) is 0. The molecule has 0 fully saturated rings. The van der Waals surface area contributed by atoms with E-state index in [0.29, 0.717) is 17.5 Å². The summed E-state index contributed by atoms with van der Waals surface area (Å²) in [6.45, 7) is 0. The molecule has 0 aliphatic carbocycles. The van der Waals surface area contributed by atoms with Gasteiger partial charge >= 0.3 is 0 Å². The fraction of sp³-hybridized carbons (Fsp3) is 0. The smallest absolute Gasteiger partial charge is 0.165 e. The van der Waals surface area contributed by atoms with E-state index in [0.717, 1.165) is 59.8 Å². The van der Waals surface area contributed by atoms with E-state index in [-0.39, 0.29) is 0 Å². The minimum Gasteiger partial charge on any atom is -0.456 e. The molecule has 4 heterocycles. The lowest BCUT2D eigenvalue weighted by Crippen LogP contribution is -2.00. The summed E-state index contributed by atoms with van der Waals surface area (Å²) < 4.78 is 11.6. The van der Waals surface area contributed by atoms with Gasteiger partial charge in [0.25, 0.3) is 0 Å². The second-order valence-electron chi connectivity index (χ2n) is 16.3. The van der Waals surface area contributed by atoms with Crippen LogP contribution in [-0.4, -0.2) is 19.5 Å². The van der Waals surface area contributed by atoms with Crippen molar-refractivity contribution in [1.29, 1.82) is 0 Å². The van der Waals surface area contributed by atoms with Gasteiger partial charge in [0.05, 0.1) is 16.7 Å². The van der Waals surface area contributed by atoms with E-state index in [9.17, 15) is 0 Å². The van der Waals surface area contributed by atoms with E-state index in [1.807, 2.05) is 24.3 Å². The van der Waals surface area contributed by atoms with Gasteiger partial charge in [0.15, 0.2) is 17.5 Å². The van der Waals surface area contributed by atoms with Crippen LogP contribution in [0.5, 0.6) is 0 Å². The van der Waals surface area contributed by atoms with Crippen LogP contribution >= 0.6 is 11.3 Å². The molecule has 0 amide bonds. The Morgan fingerprint density at radius 2 is 1.05 bits per heavy atom. The Balaban J connectivity index is 1.06. The van der Waals surface area contributed by atoms with Crippen LogP contribution in [0.4, 0.5) is 0 Å². The second kappa shape index (κ2) is 13.2. The van der Waals surface area contributed by atoms with E-state index in [1.165, 1.54) is 58.8 Å². The number of furan rings is 1. The zero-order valence-corrected chi connectivity index (χ0v) is 34.4. The molecular weight excluding hydrogens is 789 g/mol. The second-order valence-corrected chi connectivity index (χ2v) is 17.3. The molecule has 0 bridgehead atoms. The minimum atomic E-state index is 0.596. The van der Waals surface area contributed by atoms with Gasteiger partial charge in [-0.2, -0.15) is 0 Å². The Kier molecular flexibility index (Phi) is 7.21. The monoisotopic (exact) mass is 820 g/mol. The molecule has 4 aromatic heterocycles. The van der Waals surface area contributed by atoms with Gasteiger partial charge in [-0.3, -0.25) is 0 Å². The predicted molar refractivity (Wildman–Crippen MR) is 263 cm³/mol. The molecule has 0 spiro atoms. The first-order valence-electron chi connectivity index (χ1n) is 21.2. The number of nitrogens with zero attached hydrogens (tertiary/aromatic N) is 4. The maximum atomic E-state index is 6.74. The van der Waals surface area contributed by atoms with Crippen LogP contribution in [0.1, 0.15) is 0 Å². The van der Waals surface area contributed by atoms with Crippen molar-refractivity contribution >= 4 is 108 Å². The molecule has 0 unspecified atom stereocenters. The average molecular weight is 821 g/mol. The number of thiophene rings is 1. The number of aromatic nitrogens is 4. The lowest BCUT2D eigenvalue weighted by atomic mass is 9.99. The molecule has 292 valence electrons. The molecule has 0 aliphatic heterocycles. The van der Waals surface area contributed by atoms with E-state index < -0.39 is 0 Å². The van der Waals surface area contributed by atoms with Crippen molar-refractivity contribution in [3.8, 4) is 39.9 Å². The molecule has 0 saturated heterocycles. The maximum Gasteiger partial charge on any atom is 0.165 e. The third-order valence-corrected chi connectivity index (χ3v) is 14.0. The van der Waals surface area contributed by atoms with E-state index in [2.05, 4.69) is 174 Å². The largest absolute Gasteiger partial charge is 0.456 e. The molecule has 63 heavy (non-hydrogen) atoms. The van der Waals surface area contributed by atoms with Crippen molar-refractivity contribution in [2.24, 2.45) is 0 Å². The molecule has 14 aromatic rings. The molecule has 6 heteroatoms. The first-order valence-corrected chi connectivity index (χ1v) is 22.0. The van der Waals surface area contributed by atoms with Crippen molar-refractivity contribution in [1.82, 2.24) is 19.5 Å². The highest BCUT2D eigenvalue weighted by Gasteiger charge is 2.23. The van der Waals surface area contributed by atoms with Gasteiger partial charge < -0.3 is 8.98 Å². The summed E-state index contributed by atoms with van der Waals surface area (Å²) in [6, 6.07) is 69.1. The molecule has 0 radical (unpaired) electrons. The number of benzene rings is 10. The van der Waals surface area contributed by atoms with E-state index >= 15 is 0 Å². The van der Waals surface area contributed by atoms with Crippen molar-refractivity contribution in [3.05, 3.63) is 194 Å². The average Bonchev–Trinajstić information content (AvgIpc) is 4.03. The van der Waals surface area contributed by atoms with Gasteiger partial charge in [-0.1, -0.05) is 146 Å². The lowest BCUT2D eigenvalue weighted by molar-refractivity contribution is 0.669. The van der Waals surface area contributed by atoms with Crippen LogP contribution in [0, 0.1) is 0 Å². The van der Waals surface area contributed by atoms with Crippen LogP contribution < -0.4 is 0 Å². The van der Waals surface area contributed by atoms with Crippen molar-refractivity contribution in [2.45, 2.75) is 0 Å². The van der Waals surface area contributed by atoms with Crippen LogP contribution in [0.15, 0.2) is 199 Å². The van der Waals surface area contributed by atoms with Gasteiger partial charge in [0.1, 0.15) is 11.2 Å². The normalized spacial score (nSPS) is 12.1. The summed E-state index contributed by atoms with van der Waals surface area (Å²) in [5.41, 5.74) is 7.88. The van der Waals surface area contributed by atoms with Crippen molar-refractivity contribution in [2.75, 3.05) is 0 Å². The zero-order valence-electron chi connectivity index (χ0n) is 33.6. The Labute approximate surface area is 363 Å². The number of rotatable bonds is 4. The molecule has 14 rings (SSSR count). The Morgan fingerprint density at radius 3 is 1.94 bits per heavy atom. The number of fused-ring (bicyclic) bond motifs is 14. The van der Waals surface area contributed by atoms with Gasteiger partial charge in [-0.25, -0.2) is 15.0 Å². The predicted octanol–water partition coefficient (Wildman–Crippen LogP) is 15.7. The summed E-state index contributed by atoms with van der Waals surface area (Å²) in [7, 11) is 0. The Bertz CT molecular complexity index is 4220. The molecule has 0 saturated carbocycles. The molecule has 10 aromatic carbocycles. The molecule has 5 nitrogen and oxygen atoms in total. The topological polar surface area (TPSA) is 56.7 Å². The van der Waals surface area contributed by atoms with Crippen LogP contribution in [-0.2, 0) is 0 Å². The third-order valence-electron chi connectivity index (χ3n) is 12.8. The first kappa shape index (κ1) is 34.5. The number of hydrogen-bond donors (Lipinski definition) is 0. The summed E-state index contributed by atoms with van der Waals surface area (Å²) >= 11 is 1.78. The minimum absolute atomic E-state index is 0.596. The fourth-order valence-corrected chi connectivity index (χ4v) is 11.2. The first-order chi connectivity index (χ1) is 31.2. The van der Waals surface area contributed by atoms with Gasteiger partial charge in [-0.15, -0.1) is 11.3 Å². The summed E-state index contributed by atoms with van der Waals surface area (Å²) in [4.78, 5) is 15.8. The molecule has 0 aliphatic rings. The highest BCUT2D eigenvalue weighted by atomic mass is 32.1. The number of hydrogen-bond acceptors (Lipinski definition) is 5. The van der Waals surface area contributed by atoms with Gasteiger partial charge in [0, 0.05) is 69.2 Å². The van der Waals surface area contributed by atoms with Gasteiger partial charge in [0.2, 0.25) is 0 Å². The third kappa shape index (κ3) is 5.07. The fourth-order valence-electron chi connectivity index (χ4n) is 10.0. The summed E-state index contributed by atoms with van der Waals surface area (Å²) in [5.74, 6) is 1.86. The van der Waals surface area contributed by atoms with Crippen molar-refractivity contribution < 1.29 is 4.42 Å². The van der Waals surface area contributed by atoms with Crippen LogP contribution in [0.3, 0.4) is 0 Å².